The van der Waals surface area contributed by atoms with Gasteiger partial charge in [0.2, 0.25) is 0 Å². The minimum Gasteiger partial charge on any atom is -0.406 e. The summed E-state index contributed by atoms with van der Waals surface area (Å²) in [5.41, 5.74) is 4.83. The third kappa shape index (κ3) is 6.02. The van der Waals surface area contributed by atoms with E-state index in [0.717, 1.165) is 36.8 Å². The normalized spacial score (nSPS) is 16.6. The van der Waals surface area contributed by atoms with Gasteiger partial charge in [-0.3, -0.25) is 0 Å². The first-order chi connectivity index (χ1) is 13.4. The van der Waals surface area contributed by atoms with E-state index in [4.69, 9.17) is 0 Å². The lowest BCUT2D eigenvalue weighted by Gasteiger charge is -2.25. The van der Waals surface area contributed by atoms with E-state index >= 15 is 0 Å². The lowest BCUT2D eigenvalue weighted by atomic mass is 9.80. The number of alkyl halides is 3. The number of hydrogen-bond acceptors (Lipinski definition) is 1. The Hall–Kier alpha value is -1.97. The van der Waals surface area contributed by atoms with Crippen LogP contribution in [0.3, 0.4) is 0 Å². The van der Waals surface area contributed by atoms with Gasteiger partial charge in [0.15, 0.2) is 0 Å². The molecule has 0 spiro atoms. The molecule has 0 saturated carbocycles. The van der Waals surface area contributed by atoms with Crippen LogP contribution in [0.4, 0.5) is 13.2 Å². The van der Waals surface area contributed by atoms with Crippen molar-refractivity contribution < 1.29 is 17.9 Å². The van der Waals surface area contributed by atoms with E-state index in [0.29, 0.717) is 5.92 Å². The second kappa shape index (κ2) is 9.49. The number of benzene rings is 2. The van der Waals surface area contributed by atoms with Gasteiger partial charge in [-0.2, -0.15) is 0 Å². The van der Waals surface area contributed by atoms with E-state index in [2.05, 4.69) is 35.9 Å². The fraction of sp³-hybridized carbons (Fsp3) is 0.500. The van der Waals surface area contributed by atoms with Gasteiger partial charge >= 0.3 is 6.36 Å². The Balaban J connectivity index is 1.56. The Morgan fingerprint density at radius 1 is 0.929 bits per heavy atom. The molecule has 1 aliphatic carbocycles. The maximum absolute atomic E-state index is 12.4. The van der Waals surface area contributed by atoms with Gasteiger partial charge in [-0.05, 0) is 72.4 Å². The minimum absolute atomic E-state index is 0.118. The fourth-order valence-corrected chi connectivity index (χ4v) is 4.10. The van der Waals surface area contributed by atoms with E-state index in [9.17, 15) is 13.2 Å². The van der Waals surface area contributed by atoms with E-state index in [1.807, 2.05) is 0 Å². The summed E-state index contributed by atoms with van der Waals surface area (Å²) in [5.74, 6) is 0.313. The quantitative estimate of drug-likeness (QED) is 0.428. The Morgan fingerprint density at radius 2 is 1.68 bits per heavy atom. The van der Waals surface area contributed by atoms with Crippen molar-refractivity contribution >= 4 is 0 Å². The number of hydrogen-bond donors (Lipinski definition) is 0. The predicted molar refractivity (Wildman–Crippen MR) is 107 cm³/mol. The van der Waals surface area contributed by atoms with Crippen molar-refractivity contribution in [3.05, 3.63) is 64.7 Å². The van der Waals surface area contributed by atoms with Crippen LogP contribution in [-0.4, -0.2) is 6.36 Å². The summed E-state index contributed by atoms with van der Waals surface area (Å²) in [6, 6.07) is 13.7. The van der Waals surface area contributed by atoms with Crippen LogP contribution >= 0.6 is 0 Å². The monoisotopic (exact) mass is 390 g/mol. The van der Waals surface area contributed by atoms with E-state index in [1.54, 1.807) is 12.1 Å². The van der Waals surface area contributed by atoms with Gasteiger partial charge in [0, 0.05) is 0 Å². The van der Waals surface area contributed by atoms with Crippen LogP contribution < -0.4 is 4.74 Å². The minimum atomic E-state index is -4.64. The van der Waals surface area contributed by atoms with Crippen LogP contribution in [0.15, 0.2) is 42.5 Å². The SMILES string of the molecule is CCCCCCCc1ccc(C2CCc3cc(OC(F)(F)F)ccc3C2)cc1. The Kier molecular flexibility index (Phi) is 7.03. The first-order valence-electron chi connectivity index (χ1n) is 10.4. The van der Waals surface area contributed by atoms with Gasteiger partial charge in [0.1, 0.15) is 5.75 Å². The molecule has 0 N–H and O–H groups in total. The molecule has 0 radical (unpaired) electrons. The molecular formula is C24H29F3O. The van der Waals surface area contributed by atoms with Crippen LogP contribution in [0.2, 0.25) is 0 Å². The Bertz CT molecular complexity index is 749. The molecule has 0 fully saturated rings. The number of aryl methyl sites for hydroxylation is 2. The summed E-state index contributed by atoms with van der Waals surface area (Å²) in [7, 11) is 0. The number of halogens is 3. The van der Waals surface area contributed by atoms with Crippen molar-refractivity contribution in [2.75, 3.05) is 0 Å². The molecule has 0 heterocycles. The molecule has 3 rings (SSSR count). The molecule has 1 unspecified atom stereocenters. The molecule has 1 atom stereocenters. The molecule has 2 aromatic rings. The number of unbranched alkanes of at least 4 members (excludes halogenated alkanes) is 4. The molecule has 28 heavy (non-hydrogen) atoms. The van der Waals surface area contributed by atoms with Gasteiger partial charge < -0.3 is 4.74 Å². The Morgan fingerprint density at radius 3 is 2.39 bits per heavy atom. The topological polar surface area (TPSA) is 9.23 Å². The summed E-state index contributed by atoms with van der Waals surface area (Å²) in [5, 5.41) is 0. The lowest BCUT2D eigenvalue weighted by molar-refractivity contribution is -0.274. The summed E-state index contributed by atoms with van der Waals surface area (Å²) >= 11 is 0. The van der Waals surface area contributed by atoms with Crippen molar-refractivity contribution in [1.29, 1.82) is 0 Å². The first-order valence-corrected chi connectivity index (χ1v) is 10.4. The number of rotatable bonds is 8. The average molecular weight is 390 g/mol. The van der Waals surface area contributed by atoms with Crippen LogP contribution in [0.1, 0.15) is 73.6 Å². The van der Waals surface area contributed by atoms with Crippen LogP contribution in [0, 0.1) is 0 Å². The highest BCUT2D eigenvalue weighted by atomic mass is 19.4. The summed E-state index contributed by atoms with van der Waals surface area (Å²) in [4.78, 5) is 0. The second-order valence-corrected chi connectivity index (χ2v) is 7.82. The van der Waals surface area contributed by atoms with E-state index < -0.39 is 6.36 Å². The van der Waals surface area contributed by atoms with Gasteiger partial charge in [-0.15, -0.1) is 13.2 Å². The summed E-state index contributed by atoms with van der Waals surface area (Å²) < 4.78 is 41.2. The molecule has 152 valence electrons. The molecule has 0 bridgehead atoms. The Labute approximate surface area is 165 Å². The standard InChI is InChI=1S/C24H29F3O/c1-2-3-4-5-6-7-18-8-10-19(11-9-18)20-12-13-22-17-23(28-24(25,26)27)15-14-21(22)16-20/h8-11,14-15,17,20H,2-7,12-13,16H2,1H3. The maximum atomic E-state index is 12.4. The van der Waals surface area contributed by atoms with Crippen molar-refractivity contribution in [1.82, 2.24) is 0 Å². The zero-order chi connectivity index (χ0) is 20.0. The molecule has 4 heteroatoms. The van der Waals surface area contributed by atoms with Crippen molar-refractivity contribution in [3.63, 3.8) is 0 Å². The predicted octanol–water partition coefficient (Wildman–Crippen LogP) is 7.37. The van der Waals surface area contributed by atoms with Gasteiger partial charge in [-0.1, -0.05) is 62.9 Å². The summed E-state index contributed by atoms with van der Waals surface area (Å²) in [6.45, 7) is 2.23. The van der Waals surface area contributed by atoms with Crippen LogP contribution in [-0.2, 0) is 19.3 Å². The fourth-order valence-electron chi connectivity index (χ4n) is 4.10. The molecule has 2 aromatic carbocycles. The third-order valence-electron chi connectivity index (χ3n) is 5.66. The highest BCUT2D eigenvalue weighted by Gasteiger charge is 2.31. The molecule has 0 aromatic heterocycles. The molecule has 0 saturated heterocycles. The number of fused-ring (bicyclic) bond motifs is 1. The van der Waals surface area contributed by atoms with Gasteiger partial charge in [0.05, 0.1) is 0 Å². The smallest absolute Gasteiger partial charge is 0.406 e. The first kappa shape index (κ1) is 20.8. The highest BCUT2D eigenvalue weighted by molar-refractivity contribution is 5.40. The molecule has 0 aliphatic heterocycles. The third-order valence-corrected chi connectivity index (χ3v) is 5.66. The summed E-state index contributed by atoms with van der Waals surface area (Å²) in [6.07, 6.45) is 5.59. The second-order valence-electron chi connectivity index (χ2n) is 7.82. The average Bonchev–Trinajstić information content (AvgIpc) is 2.67. The largest absolute Gasteiger partial charge is 0.573 e. The van der Waals surface area contributed by atoms with Crippen molar-refractivity contribution in [2.45, 2.75) is 77.0 Å². The molecule has 1 aliphatic rings. The lowest BCUT2D eigenvalue weighted by Crippen LogP contribution is -2.18. The highest BCUT2D eigenvalue weighted by Crippen LogP contribution is 2.35. The zero-order valence-corrected chi connectivity index (χ0v) is 16.5. The van der Waals surface area contributed by atoms with Crippen LogP contribution in [0.25, 0.3) is 0 Å². The maximum Gasteiger partial charge on any atom is 0.573 e. The van der Waals surface area contributed by atoms with Crippen LogP contribution in [0.5, 0.6) is 5.75 Å². The molecular weight excluding hydrogens is 361 g/mol. The molecule has 0 amide bonds. The molecule has 1 nitrogen and oxygen atoms in total. The number of ether oxygens (including phenoxy) is 1. The van der Waals surface area contributed by atoms with Crippen molar-refractivity contribution in [3.8, 4) is 5.75 Å². The van der Waals surface area contributed by atoms with Gasteiger partial charge in [0.25, 0.3) is 0 Å². The van der Waals surface area contributed by atoms with E-state index in [1.165, 1.54) is 49.3 Å². The van der Waals surface area contributed by atoms with Gasteiger partial charge in [-0.25, -0.2) is 0 Å². The van der Waals surface area contributed by atoms with E-state index in [-0.39, 0.29) is 5.75 Å². The zero-order valence-electron chi connectivity index (χ0n) is 16.5. The van der Waals surface area contributed by atoms with Crippen molar-refractivity contribution in [2.24, 2.45) is 0 Å².